The first kappa shape index (κ1) is 20.8. The number of carbonyl (C=O) groups is 2. The summed E-state index contributed by atoms with van der Waals surface area (Å²) in [5.74, 6) is -0.168. The second kappa shape index (κ2) is 9.55. The molecule has 1 fully saturated rings. The third-order valence-electron chi connectivity index (χ3n) is 5.12. The van der Waals surface area contributed by atoms with Gasteiger partial charge in [0.15, 0.2) is 11.7 Å². The molecule has 1 aromatic heterocycles. The van der Waals surface area contributed by atoms with E-state index in [4.69, 9.17) is 4.42 Å². The van der Waals surface area contributed by atoms with E-state index in [0.717, 1.165) is 18.4 Å². The molecule has 1 saturated carbocycles. The van der Waals surface area contributed by atoms with Crippen molar-refractivity contribution in [2.45, 2.75) is 44.2 Å². The maximum Gasteiger partial charge on any atom is 0.243 e. The summed E-state index contributed by atoms with van der Waals surface area (Å²) in [5.41, 5.74) is 1.30. The summed E-state index contributed by atoms with van der Waals surface area (Å²) in [7, 11) is 0. The van der Waals surface area contributed by atoms with Gasteiger partial charge in [-0.25, -0.2) is 9.37 Å². The van der Waals surface area contributed by atoms with Crippen molar-refractivity contribution < 1.29 is 18.4 Å². The summed E-state index contributed by atoms with van der Waals surface area (Å²) >= 11 is 0. The molecule has 160 valence electrons. The number of aromatic nitrogens is 1. The van der Waals surface area contributed by atoms with Crippen LogP contribution in [0.1, 0.15) is 30.7 Å². The topological polar surface area (TPSA) is 84.2 Å². The highest BCUT2D eigenvalue weighted by molar-refractivity contribution is 5.88. The molecule has 4 rings (SSSR count). The van der Waals surface area contributed by atoms with Gasteiger partial charge in [-0.05, 0) is 30.5 Å². The molecular weight excluding hydrogens is 397 g/mol. The monoisotopic (exact) mass is 421 g/mol. The van der Waals surface area contributed by atoms with Gasteiger partial charge in [0.05, 0.1) is 11.8 Å². The average Bonchev–Trinajstić information content (AvgIpc) is 3.46. The average molecular weight is 421 g/mol. The fourth-order valence-corrected chi connectivity index (χ4v) is 3.29. The summed E-state index contributed by atoms with van der Waals surface area (Å²) in [4.78, 5) is 29.3. The van der Waals surface area contributed by atoms with Crippen molar-refractivity contribution in [3.05, 3.63) is 78.1 Å². The fraction of sp³-hybridized carbons (Fsp3) is 0.292. The van der Waals surface area contributed by atoms with E-state index < -0.39 is 11.9 Å². The number of oxazole rings is 1. The molecular formula is C24H24FN3O3. The highest BCUT2D eigenvalue weighted by Crippen LogP contribution is 2.23. The van der Waals surface area contributed by atoms with Gasteiger partial charge in [0.2, 0.25) is 11.8 Å². The normalized spacial score (nSPS) is 14.1. The zero-order chi connectivity index (χ0) is 21.6. The SMILES string of the molecule is O=C(CCc1ncc(-c2ccccc2F)o1)NC(Cc1ccccc1)C(=O)NC1CC1. The van der Waals surface area contributed by atoms with E-state index in [1.165, 1.54) is 12.3 Å². The van der Waals surface area contributed by atoms with E-state index in [0.29, 0.717) is 23.6 Å². The van der Waals surface area contributed by atoms with E-state index in [1.807, 2.05) is 30.3 Å². The van der Waals surface area contributed by atoms with Gasteiger partial charge in [-0.3, -0.25) is 9.59 Å². The van der Waals surface area contributed by atoms with Gasteiger partial charge in [-0.1, -0.05) is 42.5 Å². The van der Waals surface area contributed by atoms with Crippen LogP contribution in [0.2, 0.25) is 0 Å². The Bertz CT molecular complexity index is 1050. The van der Waals surface area contributed by atoms with Crippen molar-refractivity contribution in [1.82, 2.24) is 15.6 Å². The number of nitrogens with zero attached hydrogens (tertiary/aromatic N) is 1. The Kier molecular flexibility index (Phi) is 6.40. The first-order valence-electron chi connectivity index (χ1n) is 10.4. The van der Waals surface area contributed by atoms with Crippen LogP contribution in [-0.4, -0.2) is 28.9 Å². The molecule has 0 aliphatic heterocycles. The first-order valence-corrected chi connectivity index (χ1v) is 10.4. The molecule has 1 atom stereocenters. The van der Waals surface area contributed by atoms with E-state index in [-0.39, 0.29) is 30.7 Å². The number of benzene rings is 2. The minimum Gasteiger partial charge on any atom is -0.441 e. The standard InChI is InChI=1S/C24H24FN3O3/c25-19-9-5-4-8-18(19)21-15-26-23(31-21)13-12-22(29)28-20(24(30)27-17-10-11-17)14-16-6-2-1-3-7-16/h1-9,15,17,20H,10-14H2,(H,27,30)(H,28,29). The number of rotatable bonds is 9. The third-order valence-corrected chi connectivity index (χ3v) is 5.12. The number of carbonyl (C=O) groups excluding carboxylic acids is 2. The van der Waals surface area contributed by atoms with Crippen molar-refractivity contribution >= 4 is 11.8 Å². The number of hydrogen-bond donors (Lipinski definition) is 2. The molecule has 1 aliphatic carbocycles. The highest BCUT2D eigenvalue weighted by atomic mass is 19.1. The van der Waals surface area contributed by atoms with Crippen LogP contribution in [0, 0.1) is 5.82 Å². The fourth-order valence-electron chi connectivity index (χ4n) is 3.29. The van der Waals surface area contributed by atoms with Gasteiger partial charge in [0, 0.05) is 25.3 Å². The molecule has 0 bridgehead atoms. The molecule has 0 saturated heterocycles. The number of nitrogens with one attached hydrogen (secondary N) is 2. The Morgan fingerprint density at radius 1 is 1.10 bits per heavy atom. The first-order chi connectivity index (χ1) is 15.1. The van der Waals surface area contributed by atoms with E-state index in [2.05, 4.69) is 15.6 Å². The molecule has 0 spiro atoms. The lowest BCUT2D eigenvalue weighted by atomic mass is 10.0. The van der Waals surface area contributed by atoms with Crippen LogP contribution in [0.5, 0.6) is 0 Å². The summed E-state index contributed by atoms with van der Waals surface area (Å²) in [6.45, 7) is 0. The Labute approximate surface area is 179 Å². The molecule has 1 unspecified atom stereocenters. The number of halogens is 1. The Morgan fingerprint density at radius 3 is 2.58 bits per heavy atom. The summed E-state index contributed by atoms with van der Waals surface area (Å²) in [6, 6.07) is 15.4. The van der Waals surface area contributed by atoms with Gasteiger partial charge < -0.3 is 15.1 Å². The molecule has 0 radical (unpaired) electrons. The van der Waals surface area contributed by atoms with Crippen molar-refractivity contribution in [3.63, 3.8) is 0 Å². The zero-order valence-electron chi connectivity index (χ0n) is 17.0. The molecule has 6 nitrogen and oxygen atoms in total. The van der Waals surface area contributed by atoms with Crippen molar-refractivity contribution in [2.24, 2.45) is 0 Å². The summed E-state index contributed by atoms with van der Waals surface area (Å²) in [5, 5.41) is 5.80. The third kappa shape index (κ3) is 5.78. The predicted octanol–water partition coefficient (Wildman–Crippen LogP) is 3.42. The molecule has 3 aromatic rings. The smallest absolute Gasteiger partial charge is 0.243 e. The highest BCUT2D eigenvalue weighted by Gasteiger charge is 2.28. The number of amides is 2. The second-order valence-electron chi connectivity index (χ2n) is 7.69. The van der Waals surface area contributed by atoms with Crippen LogP contribution in [0.15, 0.2) is 65.2 Å². The molecule has 2 aromatic carbocycles. The number of hydrogen-bond acceptors (Lipinski definition) is 4. The minimum atomic E-state index is -0.644. The Morgan fingerprint density at radius 2 is 1.84 bits per heavy atom. The van der Waals surface area contributed by atoms with Gasteiger partial charge in [-0.2, -0.15) is 0 Å². The Balaban J connectivity index is 1.35. The summed E-state index contributed by atoms with van der Waals surface area (Å²) < 4.78 is 19.5. The molecule has 2 amide bonds. The molecule has 2 N–H and O–H groups in total. The van der Waals surface area contributed by atoms with Crippen molar-refractivity contribution in [3.8, 4) is 11.3 Å². The van der Waals surface area contributed by atoms with Gasteiger partial charge >= 0.3 is 0 Å². The van der Waals surface area contributed by atoms with E-state index in [9.17, 15) is 14.0 Å². The van der Waals surface area contributed by atoms with Gasteiger partial charge in [0.1, 0.15) is 11.9 Å². The van der Waals surface area contributed by atoms with Crippen LogP contribution in [0.3, 0.4) is 0 Å². The lowest BCUT2D eigenvalue weighted by Crippen LogP contribution is -2.48. The molecule has 7 heteroatoms. The van der Waals surface area contributed by atoms with Crippen molar-refractivity contribution in [2.75, 3.05) is 0 Å². The Hall–Kier alpha value is -3.48. The van der Waals surface area contributed by atoms with Crippen molar-refractivity contribution in [1.29, 1.82) is 0 Å². The minimum absolute atomic E-state index is 0.110. The molecule has 1 aliphatic rings. The van der Waals surface area contributed by atoms with Crippen LogP contribution < -0.4 is 10.6 Å². The maximum absolute atomic E-state index is 13.9. The van der Waals surface area contributed by atoms with E-state index in [1.54, 1.807) is 18.2 Å². The van der Waals surface area contributed by atoms with Crippen LogP contribution in [0.4, 0.5) is 4.39 Å². The maximum atomic E-state index is 13.9. The van der Waals surface area contributed by atoms with E-state index >= 15 is 0 Å². The number of aryl methyl sites for hydroxylation is 1. The summed E-state index contributed by atoms with van der Waals surface area (Å²) in [6.07, 6.45) is 4.19. The molecule has 31 heavy (non-hydrogen) atoms. The predicted molar refractivity (Wildman–Crippen MR) is 113 cm³/mol. The van der Waals surface area contributed by atoms with Crippen LogP contribution in [-0.2, 0) is 22.4 Å². The zero-order valence-corrected chi connectivity index (χ0v) is 17.0. The van der Waals surface area contributed by atoms with Gasteiger partial charge in [0.25, 0.3) is 0 Å². The van der Waals surface area contributed by atoms with Gasteiger partial charge in [-0.15, -0.1) is 0 Å². The quantitative estimate of drug-likeness (QED) is 0.555. The second-order valence-corrected chi connectivity index (χ2v) is 7.69. The largest absolute Gasteiger partial charge is 0.441 e. The van der Waals surface area contributed by atoms with Crippen LogP contribution >= 0.6 is 0 Å². The lowest BCUT2D eigenvalue weighted by molar-refractivity contribution is -0.129. The lowest BCUT2D eigenvalue weighted by Gasteiger charge is -2.18. The van der Waals surface area contributed by atoms with Crippen LogP contribution in [0.25, 0.3) is 11.3 Å². The molecule has 1 heterocycles.